The Kier molecular flexibility index (Phi) is 8.59. The summed E-state index contributed by atoms with van der Waals surface area (Å²) in [5.74, 6) is -0.935. The van der Waals surface area contributed by atoms with Gasteiger partial charge in [0.1, 0.15) is 0 Å². The molecule has 2 N–H and O–H groups in total. The maximum absolute atomic E-state index is 9.60. The van der Waals surface area contributed by atoms with Crippen molar-refractivity contribution >= 4 is 15.0 Å². The van der Waals surface area contributed by atoms with Gasteiger partial charge in [-0.05, 0) is 6.92 Å². The van der Waals surface area contributed by atoms with Crippen LogP contribution in [-0.4, -0.2) is 46.2 Å². The first-order chi connectivity index (χ1) is 6.32. The molecule has 84 valence electrons. The van der Waals surface area contributed by atoms with Crippen molar-refractivity contribution in [2.75, 3.05) is 21.3 Å². The molecule has 0 bridgehead atoms. The van der Waals surface area contributed by atoms with Crippen LogP contribution < -0.4 is 0 Å². The van der Waals surface area contributed by atoms with Crippen molar-refractivity contribution in [2.24, 2.45) is 0 Å². The Hall–Kier alpha value is -0.733. The molecule has 6 nitrogen and oxygen atoms in total. The minimum atomic E-state index is -3.17. The van der Waals surface area contributed by atoms with E-state index >= 15 is 0 Å². The van der Waals surface area contributed by atoms with E-state index in [1.165, 1.54) is 28.3 Å². The van der Waals surface area contributed by atoms with Crippen molar-refractivity contribution in [3.8, 4) is 0 Å². The molecule has 0 heterocycles. The maximum Gasteiger partial charge on any atom is 0.676 e. The van der Waals surface area contributed by atoms with Gasteiger partial charge in [-0.15, -0.1) is 0 Å². The van der Waals surface area contributed by atoms with Crippen LogP contribution in [0.4, 0.5) is 0 Å². The molecule has 0 fully saturated rings. The lowest BCUT2D eigenvalue weighted by atomic mass is 10.4. The van der Waals surface area contributed by atoms with Gasteiger partial charge in [0, 0.05) is 26.9 Å². The molecule has 0 atom stereocenters. The Morgan fingerprint density at radius 3 is 1.43 bits per heavy atom. The standard InChI is InChI=1S/C4H6O2.C3H10O4Si/c1-3(2)4(5)6;1-5-8(4,6-2)7-3/h1H2,2H3,(H,5,6);4H,1-3H3. The predicted octanol–water partition coefficient (Wildman–Crippen LogP) is 0.000600. The van der Waals surface area contributed by atoms with Gasteiger partial charge < -0.3 is 23.2 Å². The summed E-state index contributed by atoms with van der Waals surface area (Å²) in [6, 6.07) is 0. The summed E-state index contributed by atoms with van der Waals surface area (Å²) in [6.07, 6.45) is 0. The fraction of sp³-hybridized carbons (Fsp3) is 0.571. The van der Waals surface area contributed by atoms with Crippen molar-refractivity contribution in [3.63, 3.8) is 0 Å². The molecule has 0 saturated heterocycles. The highest BCUT2D eigenvalue weighted by Crippen LogP contribution is 1.97. The zero-order valence-electron chi connectivity index (χ0n) is 8.73. The van der Waals surface area contributed by atoms with Gasteiger partial charge in [-0.3, -0.25) is 0 Å². The lowest BCUT2D eigenvalue weighted by molar-refractivity contribution is -0.132. The molecule has 0 aliphatic carbocycles. The Balaban J connectivity index is 0. The monoisotopic (exact) mass is 224 g/mol. The Bertz CT molecular complexity index is 168. The Morgan fingerprint density at radius 2 is 1.43 bits per heavy atom. The normalized spacial score (nSPS) is 10.1. The van der Waals surface area contributed by atoms with E-state index in [1.807, 2.05) is 0 Å². The lowest BCUT2D eigenvalue weighted by Crippen LogP contribution is -2.42. The van der Waals surface area contributed by atoms with Gasteiger partial charge in [-0.1, -0.05) is 6.58 Å². The van der Waals surface area contributed by atoms with E-state index in [4.69, 9.17) is 9.90 Å². The van der Waals surface area contributed by atoms with E-state index < -0.39 is 15.0 Å². The smallest absolute Gasteiger partial charge is 0.478 e. The molecule has 0 amide bonds. The second-order valence-electron chi connectivity index (χ2n) is 2.22. The molecule has 7 heteroatoms. The molecule has 0 aromatic rings. The molecular formula is C7H16O6Si. The number of carbonyl (C=O) groups is 1. The van der Waals surface area contributed by atoms with E-state index in [1.54, 1.807) is 0 Å². The van der Waals surface area contributed by atoms with Crippen LogP contribution in [0.3, 0.4) is 0 Å². The maximum atomic E-state index is 9.60. The van der Waals surface area contributed by atoms with Crippen LogP contribution in [0.25, 0.3) is 0 Å². The fourth-order valence-corrected chi connectivity index (χ4v) is 0.750. The lowest BCUT2D eigenvalue weighted by Gasteiger charge is -2.14. The molecule has 0 unspecified atom stereocenters. The zero-order valence-corrected chi connectivity index (χ0v) is 9.73. The van der Waals surface area contributed by atoms with Gasteiger partial charge in [0.05, 0.1) is 0 Å². The van der Waals surface area contributed by atoms with Gasteiger partial charge in [0.25, 0.3) is 0 Å². The first kappa shape index (κ1) is 15.7. The fourth-order valence-electron chi connectivity index (χ4n) is 0.250. The second kappa shape index (κ2) is 7.65. The summed E-state index contributed by atoms with van der Waals surface area (Å²) in [5.41, 5.74) is 0.176. The molecule has 0 rings (SSSR count). The molecule has 14 heavy (non-hydrogen) atoms. The summed E-state index contributed by atoms with van der Waals surface area (Å²) < 4.78 is 13.5. The number of hydrogen-bond donors (Lipinski definition) is 2. The van der Waals surface area contributed by atoms with Crippen LogP contribution in [0.2, 0.25) is 0 Å². The molecule has 0 spiro atoms. The third-order valence-electron chi connectivity index (χ3n) is 1.14. The summed E-state index contributed by atoms with van der Waals surface area (Å²) >= 11 is 0. The molecule has 0 aliphatic heterocycles. The SMILES string of the molecule is C=C(C)C(=O)O.CO[Si](O)(OC)OC. The number of rotatable bonds is 4. The minimum Gasteiger partial charge on any atom is -0.478 e. The van der Waals surface area contributed by atoms with Crippen LogP contribution >= 0.6 is 0 Å². The van der Waals surface area contributed by atoms with Crippen molar-refractivity contribution in [1.82, 2.24) is 0 Å². The summed E-state index contributed by atoms with van der Waals surface area (Å²) in [6.45, 7) is 4.60. The first-order valence-corrected chi connectivity index (χ1v) is 5.26. The number of hydrogen-bond acceptors (Lipinski definition) is 5. The van der Waals surface area contributed by atoms with E-state index in [2.05, 4.69) is 19.9 Å². The Morgan fingerprint density at radius 1 is 1.21 bits per heavy atom. The van der Waals surface area contributed by atoms with Crippen molar-refractivity contribution in [1.29, 1.82) is 0 Å². The van der Waals surface area contributed by atoms with Crippen LogP contribution in [0.15, 0.2) is 12.2 Å². The largest absolute Gasteiger partial charge is 0.676 e. The molecule has 0 aromatic heterocycles. The number of aliphatic carboxylic acids is 1. The van der Waals surface area contributed by atoms with Crippen molar-refractivity contribution < 1.29 is 28.0 Å². The second-order valence-corrected chi connectivity index (χ2v) is 4.49. The van der Waals surface area contributed by atoms with Crippen molar-refractivity contribution in [3.05, 3.63) is 12.2 Å². The summed E-state index contributed by atoms with van der Waals surface area (Å²) in [7, 11) is 0.826. The molecule has 0 aromatic carbocycles. The molecule has 0 aliphatic rings. The number of carboxylic acids is 1. The quantitative estimate of drug-likeness (QED) is 0.516. The van der Waals surface area contributed by atoms with E-state index in [-0.39, 0.29) is 5.57 Å². The zero-order chi connectivity index (χ0) is 11.8. The third kappa shape index (κ3) is 7.89. The topological polar surface area (TPSA) is 85.2 Å². The van der Waals surface area contributed by atoms with Gasteiger partial charge in [0.2, 0.25) is 0 Å². The summed E-state index contributed by atoms with van der Waals surface area (Å²) in [4.78, 5) is 18.5. The minimum absolute atomic E-state index is 0.176. The van der Waals surface area contributed by atoms with Crippen LogP contribution in [0, 0.1) is 0 Å². The van der Waals surface area contributed by atoms with Crippen LogP contribution in [0.1, 0.15) is 6.92 Å². The van der Waals surface area contributed by atoms with Gasteiger partial charge in [-0.2, -0.15) is 0 Å². The highest BCUT2D eigenvalue weighted by molar-refractivity contribution is 6.51. The molecule has 0 saturated carbocycles. The molecular weight excluding hydrogens is 208 g/mol. The summed E-state index contributed by atoms with van der Waals surface area (Å²) in [5, 5.41) is 7.89. The van der Waals surface area contributed by atoms with Crippen LogP contribution in [0.5, 0.6) is 0 Å². The van der Waals surface area contributed by atoms with E-state index in [9.17, 15) is 4.79 Å². The molecule has 0 radical (unpaired) electrons. The highest BCUT2D eigenvalue weighted by atomic mass is 28.4. The van der Waals surface area contributed by atoms with E-state index in [0.717, 1.165) is 0 Å². The van der Waals surface area contributed by atoms with Crippen molar-refractivity contribution in [2.45, 2.75) is 6.92 Å². The van der Waals surface area contributed by atoms with E-state index in [0.29, 0.717) is 0 Å². The highest BCUT2D eigenvalue weighted by Gasteiger charge is 2.36. The average Bonchev–Trinajstić information content (AvgIpc) is 2.17. The van der Waals surface area contributed by atoms with Gasteiger partial charge >= 0.3 is 15.0 Å². The third-order valence-corrected chi connectivity index (χ3v) is 2.69. The first-order valence-electron chi connectivity index (χ1n) is 3.59. The van der Waals surface area contributed by atoms with Crippen LogP contribution in [-0.2, 0) is 18.1 Å². The van der Waals surface area contributed by atoms with Gasteiger partial charge in [0.15, 0.2) is 0 Å². The van der Waals surface area contributed by atoms with Gasteiger partial charge in [-0.25, -0.2) is 4.79 Å². The Labute approximate surface area is 84.2 Å². The average molecular weight is 224 g/mol. The number of carboxylic acid groups (broad SMARTS) is 1. The predicted molar refractivity (Wildman–Crippen MR) is 51.4 cm³/mol.